The quantitative estimate of drug-likeness (QED) is 0.629. The summed E-state index contributed by atoms with van der Waals surface area (Å²) in [5, 5.41) is 5.30. The van der Waals surface area contributed by atoms with Gasteiger partial charge < -0.3 is 0 Å². The summed E-state index contributed by atoms with van der Waals surface area (Å²) in [6.07, 6.45) is 6.06. The van der Waals surface area contributed by atoms with Crippen molar-refractivity contribution >= 4 is 21.6 Å². The smallest absolute Gasteiger partial charge is 0.244 e. The molecule has 1 saturated carbocycles. The maximum atomic E-state index is 13.1. The molecule has 3 aromatic rings. The lowest BCUT2D eigenvalue weighted by atomic mass is 10.2. The van der Waals surface area contributed by atoms with Gasteiger partial charge in [0.15, 0.2) is 0 Å². The molecule has 2 aromatic carbocycles. The molecule has 1 N–H and O–H groups in total. The summed E-state index contributed by atoms with van der Waals surface area (Å²) < 4.78 is 30.7. The van der Waals surface area contributed by atoms with Gasteiger partial charge in [0.2, 0.25) is 10.0 Å². The molecule has 1 aliphatic rings. The van der Waals surface area contributed by atoms with E-state index in [1.54, 1.807) is 18.3 Å². The topological polar surface area (TPSA) is 64.0 Å². The second kappa shape index (κ2) is 8.07. The lowest BCUT2D eigenvalue weighted by Gasteiger charge is -2.08. The summed E-state index contributed by atoms with van der Waals surface area (Å²) in [6.45, 7) is 0.197. The second-order valence-corrected chi connectivity index (χ2v) is 9.25. The van der Waals surface area contributed by atoms with E-state index in [2.05, 4.69) is 9.82 Å². The van der Waals surface area contributed by atoms with Crippen molar-refractivity contribution in [1.29, 1.82) is 0 Å². The van der Waals surface area contributed by atoms with Crippen LogP contribution in [0.15, 0.2) is 65.7 Å². The van der Waals surface area contributed by atoms with Crippen molar-refractivity contribution in [2.45, 2.75) is 43.2 Å². The third-order valence-electron chi connectivity index (χ3n) is 5.11. The molecule has 0 bridgehead atoms. The number of rotatable bonds is 6. The van der Waals surface area contributed by atoms with Crippen LogP contribution in [-0.2, 0) is 16.6 Å². The highest BCUT2D eigenvalue weighted by molar-refractivity contribution is 7.89. The molecule has 0 spiro atoms. The van der Waals surface area contributed by atoms with E-state index >= 15 is 0 Å². The van der Waals surface area contributed by atoms with Gasteiger partial charge in [0, 0.05) is 23.3 Å². The van der Waals surface area contributed by atoms with Gasteiger partial charge in [-0.3, -0.25) is 4.68 Å². The van der Waals surface area contributed by atoms with E-state index in [1.165, 1.54) is 0 Å². The predicted molar refractivity (Wildman–Crippen MR) is 111 cm³/mol. The average Bonchev–Trinajstić information content (AvgIpc) is 3.38. The molecule has 0 atom stereocenters. The Hall–Kier alpha value is -2.15. The molecule has 1 aromatic heterocycles. The number of nitrogens with one attached hydrogen (secondary N) is 1. The van der Waals surface area contributed by atoms with E-state index in [0.29, 0.717) is 10.7 Å². The van der Waals surface area contributed by atoms with Gasteiger partial charge in [-0.15, -0.1) is 0 Å². The van der Waals surface area contributed by atoms with Gasteiger partial charge >= 0.3 is 0 Å². The van der Waals surface area contributed by atoms with Crippen LogP contribution in [0.2, 0.25) is 5.02 Å². The zero-order chi connectivity index (χ0) is 19.6. The Bertz CT molecular complexity index is 1040. The van der Waals surface area contributed by atoms with Gasteiger partial charge in [-0.2, -0.15) is 5.10 Å². The summed E-state index contributed by atoms with van der Waals surface area (Å²) in [5.74, 6) is 0. The maximum Gasteiger partial charge on any atom is 0.244 e. The van der Waals surface area contributed by atoms with Crippen LogP contribution in [-0.4, -0.2) is 18.2 Å². The molecule has 0 unspecified atom stereocenters. The molecule has 5 nitrogen and oxygen atoms in total. The van der Waals surface area contributed by atoms with Crippen LogP contribution in [0.25, 0.3) is 11.3 Å². The van der Waals surface area contributed by atoms with Crippen LogP contribution in [0.1, 0.15) is 37.3 Å². The van der Waals surface area contributed by atoms with Crippen LogP contribution < -0.4 is 4.72 Å². The van der Waals surface area contributed by atoms with Crippen molar-refractivity contribution in [2.24, 2.45) is 0 Å². The van der Waals surface area contributed by atoms with E-state index in [4.69, 9.17) is 11.6 Å². The zero-order valence-electron chi connectivity index (χ0n) is 15.4. The average molecular weight is 416 g/mol. The molecule has 0 aliphatic heterocycles. The third-order valence-corrected chi connectivity index (χ3v) is 6.77. The normalized spacial score (nSPS) is 15.2. The fourth-order valence-corrected chi connectivity index (χ4v) is 4.88. The Morgan fingerprint density at radius 1 is 1.04 bits per heavy atom. The largest absolute Gasteiger partial charge is 0.268 e. The standard InChI is InChI=1S/C21H22ClN3O2S/c22-18-12-10-16(11-13-18)14-23-28(26,27)20-15-25(19-8-4-5-9-19)24-21(20)17-6-2-1-3-7-17/h1-3,6-7,10-13,15,19,23H,4-5,8-9,14H2. The van der Waals surface area contributed by atoms with E-state index in [-0.39, 0.29) is 17.5 Å². The molecular formula is C21H22ClN3O2S. The van der Waals surface area contributed by atoms with Crippen molar-refractivity contribution in [1.82, 2.24) is 14.5 Å². The molecule has 1 aliphatic carbocycles. The van der Waals surface area contributed by atoms with Crippen molar-refractivity contribution < 1.29 is 8.42 Å². The van der Waals surface area contributed by atoms with Gasteiger partial charge in [-0.05, 0) is 30.5 Å². The van der Waals surface area contributed by atoms with Gasteiger partial charge in [0.25, 0.3) is 0 Å². The molecule has 146 valence electrons. The number of sulfonamides is 1. The van der Waals surface area contributed by atoms with Crippen molar-refractivity contribution in [3.63, 3.8) is 0 Å². The summed E-state index contributed by atoms with van der Waals surface area (Å²) in [6, 6.07) is 16.8. The molecule has 1 heterocycles. The Kier molecular flexibility index (Phi) is 5.53. The number of nitrogens with zero attached hydrogens (tertiary/aromatic N) is 2. The Morgan fingerprint density at radius 2 is 1.71 bits per heavy atom. The van der Waals surface area contributed by atoms with E-state index in [0.717, 1.165) is 36.8 Å². The minimum Gasteiger partial charge on any atom is -0.268 e. The van der Waals surface area contributed by atoms with Crippen LogP contribution in [0.3, 0.4) is 0 Å². The number of hydrogen-bond acceptors (Lipinski definition) is 3. The number of hydrogen-bond donors (Lipinski definition) is 1. The first-order valence-corrected chi connectivity index (χ1v) is 11.3. The first-order valence-electron chi connectivity index (χ1n) is 9.41. The molecular weight excluding hydrogens is 394 g/mol. The van der Waals surface area contributed by atoms with Crippen molar-refractivity contribution in [3.05, 3.63) is 71.4 Å². The minimum absolute atomic E-state index is 0.197. The zero-order valence-corrected chi connectivity index (χ0v) is 17.0. The first-order chi connectivity index (χ1) is 13.5. The van der Waals surface area contributed by atoms with Crippen LogP contribution in [0.4, 0.5) is 0 Å². The van der Waals surface area contributed by atoms with Gasteiger partial charge in [-0.1, -0.05) is 66.9 Å². The number of aromatic nitrogens is 2. The molecule has 4 rings (SSSR count). The molecule has 1 fully saturated rings. The fourth-order valence-electron chi connectivity index (χ4n) is 3.58. The molecule has 0 saturated heterocycles. The predicted octanol–water partition coefficient (Wildman–Crippen LogP) is 4.80. The van der Waals surface area contributed by atoms with Crippen LogP contribution >= 0.6 is 11.6 Å². The lowest BCUT2D eigenvalue weighted by molar-refractivity contribution is 0.467. The van der Waals surface area contributed by atoms with E-state index < -0.39 is 10.0 Å². The highest BCUT2D eigenvalue weighted by Crippen LogP contribution is 2.33. The molecule has 0 amide bonds. The SMILES string of the molecule is O=S(=O)(NCc1ccc(Cl)cc1)c1cn(C2CCCC2)nc1-c1ccccc1. The molecule has 0 radical (unpaired) electrons. The summed E-state index contributed by atoms with van der Waals surface area (Å²) in [4.78, 5) is 0.222. The first kappa shape index (κ1) is 19.2. The van der Waals surface area contributed by atoms with Crippen molar-refractivity contribution in [3.8, 4) is 11.3 Å². The summed E-state index contributed by atoms with van der Waals surface area (Å²) >= 11 is 5.90. The van der Waals surface area contributed by atoms with Gasteiger partial charge in [0.1, 0.15) is 10.6 Å². The Morgan fingerprint density at radius 3 is 2.39 bits per heavy atom. The number of benzene rings is 2. The Labute approximate surface area is 170 Å². The summed E-state index contributed by atoms with van der Waals surface area (Å²) in [7, 11) is -3.72. The highest BCUT2D eigenvalue weighted by Gasteiger charge is 2.26. The highest BCUT2D eigenvalue weighted by atomic mass is 35.5. The van der Waals surface area contributed by atoms with Crippen molar-refractivity contribution in [2.75, 3.05) is 0 Å². The maximum absolute atomic E-state index is 13.1. The van der Waals surface area contributed by atoms with Gasteiger partial charge in [-0.25, -0.2) is 13.1 Å². The lowest BCUT2D eigenvalue weighted by Crippen LogP contribution is -2.23. The molecule has 28 heavy (non-hydrogen) atoms. The van der Waals surface area contributed by atoms with Crippen LogP contribution in [0.5, 0.6) is 0 Å². The second-order valence-electron chi connectivity index (χ2n) is 7.08. The minimum atomic E-state index is -3.72. The van der Waals surface area contributed by atoms with E-state index in [9.17, 15) is 8.42 Å². The van der Waals surface area contributed by atoms with Gasteiger partial charge in [0.05, 0.1) is 6.04 Å². The fraction of sp³-hybridized carbons (Fsp3) is 0.286. The third kappa shape index (κ3) is 4.14. The monoisotopic (exact) mass is 415 g/mol. The molecule has 7 heteroatoms. The van der Waals surface area contributed by atoms with Crippen LogP contribution in [0, 0.1) is 0 Å². The number of halogens is 1. The summed E-state index contributed by atoms with van der Waals surface area (Å²) in [5.41, 5.74) is 2.14. The Balaban J connectivity index is 1.66. The van der Waals surface area contributed by atoms with E-state index in [1.807, 2.05) is 47.1 Å².